The molecule has 0 aromatic heterocycles. The Labute approximate surface area is 89.4 Å². The number of alkyl halides is 4. The third-order valence-electron chi connectivity index (χ3n) is 1.41. The van der Waals surface area contributed by atoms with Crippen LogP contribution in [0.5, 0.6) is 0 Å². The van der Waals surface area contributed by atoms with Gasteiger partial charge < -0.3 is 4.90 Å². The smallest absolute Gasteiger partial charge is 0.316 e. The van der Waals surface area contributed by atoms with E-state index in [0.29, 0.717) is 4.90 Å². The van der Waals surface area contributed by atoms with Gasteiger partial charge in [-0.2, -0.15) is 13.2 Å². The van der Waals surface area contributed by atoms with Crippen molar-refractivity contribution in [3.8, 4) is 0 Å². The number of rotatable bonds is 3. The van der Waals surface area contributed by atoms with Crippen LogP contribution in [0.4, 0.5) is 18.0 Å². The maximum Gasteiger partial charge on any atom is 0.406 e. The second-order valence-corrected chi connectivity index (χ2v) is 2.88. The van der Waals surface area contributed by atoms with Crippen molar-refractivity contribution in [3.63, 3.8) is 0 Å². The molecule has 8 heteroatoms. The summed E-state index contributed by atoms with van der Waals surface area (Å²) in [6.45, 7) is -0.178. The van der Waals surface area contributed by atoms with Crippen LogP contribution >= 0.6 is 11.6 Å². The van der Waals surface area contributed by atoms with Crippen molar-refractivity contribution in [1.82, 2.24) is 10.2 Å². The van der Waals surface area contributed by atoms with E-state index in [-0.39, 0.29) is 6.54 Å². The van der Waals surface area contributed by atoms with E-state index in [9.17, 15) is 22.8 Å². The third-order valence-corrected chi connectivity index (χ3v) is 1.65. The first-order chi connectivity index (χ1) is 6.80. The van der Waals surface area contributed by atoms with Crippen molar-refractivity contribution in [2.75, 3.05) is 19.0 Å². The Bertz CT molecular complexity index is 245. The highest BCUT2D eigenvalue weighted by molar-refractivity contribution is 6.28. The number of urea groups is 1. The molecule has 1 N–H and O–H groups in total. The number of amides is 3. The second kappa shape index (κ2) is 5.79. The van der Waals surface area contributed by atoms with Crippen molar-refractivity contribution >= 4 is 23.5 Å². The second-order valence-electron chi connectivity index (χ2n) is 2.62. The Balaban J connectivity index is 4.29. The molecule has 0 atom stereocenters. The number of hydrogen-bond acceptors (Lipinski definition) is 2. The minimum absolute atomic E-state index is 0.152. The average molecular weight is 247 g/mol. The lowest BCUT2D eigenvalue weighted by Crippen LogP contribution is -2.46. The fraction of sp³-hybridized carbons (Fsp3) is 0.714. The zero-order valence-electron chi connectivity index (χ0n) is 7.90. The Hall–Kier alpha value is -0.980. The summed E-state index contributed by atoms with van der Waals surface area (Å²) in [6.07, 6.45) is -4.49. The monoisotopic (exact) mass is 246 g/mol. The van der Waals surface area contributed by atoms with Crippen LogP contribution in [0.3, 0.4) is 0 Å². The van der Waals surface area contributed by atoms with Gasteiger partial charge in [-0.3, -0.25) is 10.1 Å². The molecule has 0 saturated carbocycles. The fourth-order valence-electron chi connectivity index (χ4n) is 0.775. The molecular weight excluding hydrogens is 237 g/mol. The molecule has 15 heavy (non-hydrogen) atoms. The minimum atomic E-state index is -4.49. The molecule has 3 amide bonds. The van der Waals surface area contributed by atoms with E-state index < -0.39 is 30.5 Å². The van der Waals surface area contributed by atoms with Crippen LogP contribution in [0.1, 0.15) is 6.92 Å². The largest absolute Gasteiger partial charge is 0.406 e. The lowest BCUT2D eigenvalue weighted by Gasteiger charge is -2.21. The highest BCUT2D eigenvalue weighted by Crippen LogP contribution is 2.16. The summed E-state index contributed by atoms with van der Waals surface area (Å²) < 4.78 is 35.8. The number of nitrogens with zero attached hydrogens (tertiary/aromatic N) is 1. The summed E-state index contributed by atoms with van der Waals surface area (Å²) in [6, 6.07) is -1.10. The number of carbonyl (C=O) groups is 2. The summed E-state index contributed by atoms with van der Waals surface area (Å²) in [5.41, 5.74) is 0. The van der Waals surface area contributed by atoms with E-state index in [2.05, 4.69) is 0 Å². The summed E-state index contributed by atoms with van der Waals surface area (Å²) in [5.74, 6) is -1.31. The molecule has 0 radical (unpaired) electrons. The van der Waals surface area contributed by atoms with Crippen LogP contribution in [-0.4, -0.2) is 42.0 Å². The van der Waals surface area contributed by atoms with Crippen molar-refractivity contribution in [1.29, 1.82) is 0 Å². The van der Waals surface area contributed by atoms with E-state index >= 15 is 0 Å². The molecule has 4 nitrogen and oxygen atoms in total. The van der Waals surface area contributed by atoms with Crippen LogP contribution in [-0.2, 0) is 4.79 Å². The van der Waals surface area contributed by atoms with Crippen molar-refractivity contribution in [3.05, 3.63) is 0 Å². The first-order valence-electron chi connectivity index (χ1n) is 4.01. The summed E-state index contributed by atoms with van der Waals surface area (Å²) >= 11 is 5.07. The van der Waals surface area contributed by atoms with Crippen molar-refractivity contribution in [2.45, 2.75) is 13.1 Å². The number of halogens is 4. The third kappa shape index (κ3) is 6.16. The van der Waals surface area contributed by atoms with Crippen molar-refractivity contribution < 1.29 is 22.8 Å². The number of imide groups is 1. The molecule has 0 bridgehead atoms. The average Bonchev–Trinajstić information content (AvgIpc) is 2.12. The van der Waals surface area contributed by atoms with E-state index in [1.807, 2.05) is 0 Å². The molecule has 0 aliphatic carbocycles. The molecule has 0 spiro atoms. The SMILES string of the molecule is CCN(CC(F)(F)F)C(=O)NC(=O)CCl. The maximum absolute atomic E-state index is 11.9. The van der Waals surface area contributed by atoms with E-state index in [1.54, 1.807) is 5.32 Å². The molecule has 0 aromatic carbocycles. The molecule has 0 rings (SSSR count). The van der Waals surface area contributed by atoms with Gasteiger partial charge in [-0.05, 0) is 6.92 Å². The maximum atomic E-state index is 11.9. The van der Waals surface area contributed by atoms with Crippen molar-refractivity contribution in [2.24, 2.45) is 0 Å². The Morgan fingerprint density at radius 3 is 2.27 bits per heavy atom. The summed E-state index contributed by atoms with van der Waals surface area (Å²) in [7, 11) is 0. The van der Waals surface area contributed by atoms with Crippen LogP contribution in [0, 0.1) is 0 Å². The quantitative estimate of drug-likeness (QED) is 0.764. The first kappa shape index (κ1) is 14.0. The molecule has 0 aromatic rings. The van der Waals surface area contributed by atoms with E-state index in [1.165, 1.54) is 6.92 Å². The van der Waals surface area contributed by atoms with Crippen LogP contribution in [0.15, 0.2) is 0 Å². The number of nitrogens with one attached hydrogen (secondary N) is 1. The van der Waals surface area contributed by atoms with Gasteiger partial charge in [0.15, 0.2) is 0 Å². The van der Waals surface area contributed by atoms with Gasteiger partial charge in [-0.1, -0.05) is 0 Å². The van der Waals surface area contributed by atoms with Gasteiger partial charge in [-0.25, -0.2) is 4.79 Å². The minimum Gasteiger partial charge on any atom is -0.316 e. The predicted octanol–water partition coefficient (Wildman–Crippen LogP) is 1.35. The predicted molar refractivity (Wildman–Crippen MR) is 47.6 cm³/mol. The summed E-state index contributed by atoms with van der Waals surface area (Å²) in [4.78, 5) is 22.2. The topological polar surface area (TPSA) is 49.4 Å². The van der Waals surface area contributed by atoms with Crippen LogP contribution in [0.25, 0.3) is 0 Å². The Morgan fingerprint density at radius 2 is 1.93 bits per heavy atom. The van der Waals surface area contributed by atoms with Gasteiger partial charge in [0.1, 0.15) is 12.4 Å². The lowest BCUT2D eigenvalue weighted by molar-refractivity contribution is -0.140. The summed E-state index contributed by atoms with van der Waals surface area (Å²) in [5, 5.41) is 1.72. The van der Waals surface area contributed by atoms with Gasteiger partial charge in [0, 0.05) is 6.54 Å². The first-order valence-corrected chi connectivity index (χ1v) is 4.55. The molecular formula is C7H10ClF3N2O2. The zero-order valence-corrected chi connectivity index (χ0v) is 8.65. The Morgan fingerprint density at radius 1 is 1.40 bits per heavy atom. The molecule has 0 heterocycles. The van der Waals surface area contributed by atoms with Gasteiger partial charge in [0.25, 0.3) is 0 Å². The van der Waals surface area contributed by atoms with Crippen LogP contribution in [0.2, 0.25) is 0 Å². The van der Waals surface area contributed by atoms with Gasteiger partial charge in [0.05, 0.1) is 0 Å². The highest BCUT2D eigenvalue weighted by atomic mass is 35.5. The Kier molecular flexibility index (Phi) is 5.41. The molecule has 0 aliphatic rings. The molecule has 0 aliphatic heterocycles. The fourth-order valence-corrected chi connectivity index (χ4v) is 0.842. The standard InChI is InChI=1S/C7H10ClF3N2O2/c1-2-13(4-7(9,10)11)6(15)12-5(14)3-8/h2-4H2,1H3,(H,12,14,15). The lowest BCUT2D eigenvalue weighted by atomic mass is 10.5. The number of carbonyl (C=O) groups excluding carboxylic acids is 2. The highest BCUT2D eigenvalue weighted by Gasteiger charge is 2.32. The van der Waals surface area contributed by atoms with Gasteiger partial charge >= 0.3 is 12.2 Å². The van der Waals surface area contributed by atoms with Gasteiger partial charge in [-0.15, -0.1) is 11.6 Å². The normalized spacial score (nSPS) is 11.0. The molecule has 0 fully saturated rings. The number of hydrogen-bond donors (Lipinski definition) is 1. The van der Waals surface area contributed by atoms with Gasteiger partial charge in [0.2, 0.25) is 5.91 Å². The molecule has 88 valence electrons. The molecule has 0 unspecified atom stereocenters. The van der Waals surface area contributed by atoms with E-state index in [0.717, 1.165) is 0 Å². The zero-order chi connectivity index (χ0) is 12.1. The molecule has 0 saturated heterocycles. The van der Waals surface area contributed by atoms with Crippen LogP contribution < -0.4 is 5.32 Å². The van der Waals surface area contributed by atoms with E-state index in [4.69, 9.17) is 11.6 Å².